The predicted octanol–water partition coefficient (Wildman–Crippen LogP) is 5.04. The van der Waals surface area contributed by atoms with E-state index < -0.39 is 6.04 Å². The van der Waals surface area contributed by atoms with E-state index in [-0.39, 0.29) is 11.7 Å². The van der Waals surface area contributed by atoms with Crippen LogP contribution in [-0.2, 0) is 24.4 Å². The molecule has 1 aliphatic rings. The molecule has 2 unspecified atom stereocenters. The van der Waals surface area contributed by atoms with Crippen LogP contribution in [0.1, 0.15) is 47.2 Å². The number of nitrogens with one attached hydrogen (secondary N) is 1. The third kappa shape index (κ3) is 5.66. The molecule has 200 valence electrons. The SMILES string of the molecule is Cc1ccc2[nH]c(=O)c(C(c3nnnn3CC3CCCO3)N(Cc3ccc(Cl)cc3)Cc3ccco3)cc2c1. The van der Waals surface area contributed by atoms with Crippen LogP contribution in [0.25, 0.3) is 10.9 Å². The Bertz CT molecular complexity index is 1610. The van der Waals surface area contributed by atoms with Gasteiger partial charge in [0, 0.05) is 29.3 Å². The molecule has 2 aromatic carbocycles. The zero-order valence-corrected chi connectivity index (χ0v) is 22.3. The molecule has 0 saturated carbocycles. The van der Waals surface area contributed by atoms with Gasteiger partial charge in [-0.05, 0) is 83.6 Å². The molecule has 4 heterocycles. The van der Waals surface area contributed by atoms with E-state index in [0.717, 1.165) is 47.2 Å². The van der Waals surface area contributed by atoms with Crippen LogP contribution in [0.15, 0.2) is 76.1 Å². The van der Waals surface area contributed by atoms with Crippen molar-refractivity contribution < 1.29 is 9.15 Å². The van der Waals surface area contributed by atoms with Crippen LogP contribution >= 0.6 is 11.6 Å². The fourth-order valence-electron chi connectivity index (χ4n) is 5.23. The number of hydrogen-bond acceptors (Lipinski definition) is 7. The maximum Gasteiger partial charge on any atom is 0.253 e. The summed E-state index contributed by atoms with van der Waals surface area (Å²) in [7, 11) is 0. The minimum atomic E-state index is -0.573. The quantitative estimate of drug-likeness (QED) is 0.277. The van der Waals surface area contributed by atoms with Crippen molar-refractivity contribution in [3.05, 3.63) is 111 Å². The van der Waals surface area contributed by atoms with Crippen molar-refractivity contribution in [3.8, 4) is 0 Å². The first-order valence-corrected chi connectivity index (χ1v) is 13.4. The first-order chi connectivity index (χ1) is 19.0. The fourth-order valence-corrected chi connectivity index (χ4v) is 5.36. The van der Waals surface area contributed by atoms with E-state index in [1.54, 1.807) is 10.9 Å². The summed E-state index contributed by atoms with van der Waals surface area (Å²) < 4.78 is 13.4. The number of pyridine rings is 1. The van der Waals surface area contributed by atoms with E-state index in [4.69, 9.17) is 20.8 Å². The number of benzene rings is 2. The van der Waals surface area contributed by atoms with Gasteiger partial charge in [-0.25, -0.2) is 4.68 Å². The summed E-state index contributed by atoms with van der Waals surface area (Å²) in [5.41, 5.74) is 3.28. The molecule has 10 heteroatoms. The third-order valence-electron chi connectivity index (χ3n) is 7.13. The van der Waals surface area contributed by atoms with Crippen molar-refractivity contribution in [2.75, 3.05) is 6.61 Å². The number of aromatic amines is 1. The molecule has 0 amide bonds. The molecule has 0 aliphatic carbocycles. The number of tetrazole rings is 1. The summed E-state index contributed by atoms with van der Waals surface area (Å²) in [4.78, 5) is 18.9. The summed E-state index contributed by atoms with van der Waals surface area (Å²) in [6.45, 7) is 4.21. The Kier molecular flexibility index (Phi) is 7.28. The molecule has 0 spiro atoms. The average Bonchev–Trinajstić information content (AvgIpc) is 3.71. The molecule has 1 saturated heterocycles. The lowest BCUT2D eigenvalue weighted by molar-refractivity contribution is 0.0901. The highest BCUT2D eigenvalue weighted by Crippen LogP contribution is 2.31. The standard InChI is InChI=1S/C29H29ClN6O3/c1-19-6-11-26-21(14-19)15-25(29(37)31-26)27(28-32-33-34-36(28)18-24-5-3-13-39-24)35(17-23-4-2-12-38-23)16-20-7-9-22(30)10-8-20/h2,4,6-12,14-15,24,27H,3,5,13,16-18H2,1H3,(H,31,37). The van der Waals surface area contributed by atoms with Crippen LogP contribution in [-0.4, -0.2) is 42.8 Å². The van der Waals surface area contributed by atoms with E-state index in [1.165, 1.54) is 0 Å². The molecule has 1 fully saturated rings. The molecule has 6 rings (SSSR count). The van der Waals surface area contributed by atoms with Crippen LogP contribution in [0.2, 0.25) is 5.02 Å². The first-order valence-electron chi connectivity index (χ1n) is 13.1. The Balaban J connectivity index is 1.50. The Morgan fingerprint density at radius 2 is 2.03 bits per heavy atom. The summed E-state index contributed by atoms with van der Waals surface area (Å²) >= 11 is 6.18. The van der Waals surface area contributed by atoms with Gasteiger partial charge in [-0.1, -0.05) is 35.4 Å². The van der Waals surface area contributed by atoms with E-state index in [0.29, 0.717) is 36.0 Å². The van der Waals surface area contributed by atoms with Gasteiger partial charge in [0.1, 0.15) is 11.8 Å². The second-order valence-corrected chi connectivity index (χ2v) is 10.4. The van der Waals surface area contributed by atoms with Crippen LogP contribution in [0.3, 0.4) is 0 Å². The summed E-state index contributed by atoms with van der Waals surface area (Å²) in [6, 6.07) is 18.8. The largest absolute Gasteiger partial charge is 0.468 e. The highest BCUT2D eigenvalue weighted by Gasteiger charge is 2.32. The normalized spacial score (nSPS) is 16.3. The second kappa shape index (κ2) is 11.1. The number of furan rings is 1. The van der Waals surface area contributed by atoms with Gasteiger partial charge in [-0.3, -0.25) is 9.69 Å². The monoisotopic (exact) mass is 544 g/mol. The second-order valence-electron chi connectivity index (χ2n) is 10.0. The number of fused-ring (bicyclic) bond motifs is 1. The molecular weight excluding hydrogens is 516 g/mol. The van der Waals surface area contributed by atoms with Crippen LogP contribution < -0.4 is 5.56 Å². The topological polar surface area (TPSA) is 102 Å². The number of rotatable bonds is 9. The van der Waals surface area contributed by atoms with Gasteiger partial charge < -0.3 is 14.1 Å². The van der Waals surface area contributed by atoms with Gasteiger partial charge in [-0.2, -0.15) is 0 Å². The highest BCUT2D eigenvalue weighted by atomic mass is 35.5. The van der Waals surface area contributed by atoms with Crippen molar-refractivity contribution >= 4 is 22.5 Å². The van der Waals surface area contributed by atoms with Crippen molar-refractivity contribution in [1.29, 1.82) is 0 Å². The third-order valence-corrected chi connectivity index (χ3v) is 7.38. The number of hydrogen-bond donors (Lipinski definition) is 1. The van der Waals surface area contributed by atoms with Crippen LogP contribution in [0, 0.1) is 6.92 Å². The molecule has 1 aliphatic heterocycles. The minimum Gasteiger partial charge on any atom is -0.468 e. The Morgan fingerprint density at radius 3 is 2.79 bits per heavy atom. The maximum absolute atomic E-state index is 13.7. The number of aromatic nitrogens is 5. The molecular formula is C29H29ClN6O3. The molecule has 9 nitrogen and oxygen atoms in total. The van der Waals surface area contributed by atoms with E-state index >= 15 is 0 Å². The lowest BCUT2D eigenvalue weighted by atomic mass is 10.0. The summed E-state index contributed by atoms with van der Waals surface area (Å²) in [6.07, 6.45) is 3.63. The van der Waals surface area contributed by atoms with Crippen molar-refractivity contribution in [1.82, 2.24) is 30.1 Å². The number of H-pyrrole nitrogens is 1. The van der Waals surface area contributed by atoms with E-state index in [2.05, 4.69) is 31.5 Å². The summed E-state index contributed by atoms with van der Waals surface area (Å²) in [5.74, 6) is 1.34. The molecule has 0 radical (unpaired) electrons. The van der Waals surface area contributed by atoms with Gasteiger partial charge in [0.25, 0.3) is 5.56 Å². The van der Waals surface area contributed by atoms with Crippen LogP contribution in [0.4, 0.5) is 0 Å². The average molecular weight is 545 g/mol. The van der Waals surface area contributed by atoms with Crippen LogP contribution in [0.5, 0.6) is 0 Å². The number of nitrogens with zero attached hydrogens (tertiary/aromatic N) is 5. The molecule has 2 atom stereocenters. The minimum absolute atomic E-state index is 0.0280. The van der Waals surface area contributed by atoms with Gasteiger partial charge in [0.05, 0.1) is 25.5 Å². The molecule has 1 N–H and O–H groups in total. The lowest BCUT2D eigenvalue weighted by Crippen LogP contribution is -2.35. The number of ether oxygens (including phenoxy) is 1. The zero-order chi connectivity index (χ0) is 26.8. The predicted molar refractivity (Wildman–Crippen MR) is 147 cm³/mol. The maximum atomic E-state index is 13.7. The van der Waals surface area contributed by atoms with Gasteiger partial charge in [0.15, 0.2) is 5.82 Å². The van der Waals surface area contributed by atoms with Crippen molar-refractivity contribution in [2.45, 2.75) is 51.5 Å². The molecule has 0 bridgehead atoms. The van der Waals surface area contributed by atoms with E-state index in [9.17, 15) is 4.79 Å². The van der Waals surface area contributed by atoms with Crippen molar-refractivity contribution in [3.63, 3.8) is 0 Å². The number of halogens is 1. The highest BCUT2D eigenvalue weighted by molar-refractivity contribution is 6.30. The molecule has 3 aromatic heterocycles. The van der Waals surface area contributed by atoms with Gasteiger partial charge in [0.2, 0.25) is 0 Å². The van der Waals surface area contributed by atoms with Gasteiger partial charge >= 0.3 is 0 Å². The number of aryl methyl sites for hydroxylation is 1. The lowest BCUT2D eigenvalue weighted by Gasteiger charge is -2.30. The van der Waals surface area contributed by atoms with Gasteiger partial charge in [-0.15, -0.1) is 5.10 Å². The first kappa shape index (κ1) is 25.5. The van der Waals surface area contributed by atoms with Crippen molar-refractivity contribution in [2.24, 2.45) is 0 Å². The smallest absolute Gasteiger partial charge is 0.253 e. The Hall–Kier alpha value is -3.79. The Labute approximate surface area is 230 Å². The molecule has 39 heavy (non-hydrogen) atoms. The zero-order valence-electron chi connectivity index (χ0n) is 21.6. The fraction of sp³-hybridized carbons (Fsp3) is 0.310. The molecule has 5 aromatic rings. The van der Waals surface area contributed by atoms with E-state index in [1.807, 2.05) is 61.5 Å². The summed E-state index contributed by atoms with van der Waals surface area (Å²) in [5, 5.41) is 14.5. The Morgan fingerprint density at radius 1 is 1.15 bits per heavy atom.